The van der Waals surface area contributed by atoms with Gasteiger partial charge in [0.2, 0.25) is 0 Å². The minimum Gasteiger partial charge on any atom is -0.444 e. The minimum atomic E-state index is -0.415. The smallest absolute Gasteiger partial charge is 0.410 e. The van der Waals surface area contributed by atoms with E-state index in [1.165, 1.54) is 12.8 Å². The zero-order valence-electron chi connectivity index (χ0n) is 11.7. The molecule has 0 aromatic rings. The second kappa shape index (κ2) is 5.71. The van der Waals surface area contributed by atoms with Crippen LogP contribution >= 0.6 is 0 Å². The van der Waals surface area contributed by atoms with Crippen LogP contribution in [0.25, 0.3) is 0 Å². The quantitative estimate of drug-likeness (QED) is 0.822. The number of rotatable bonds is 4. The molecule has 1 aliphatic carbocycles. The molecule has 0 aliphatic heterocycles. The van der Waals surface area contributed by atoms with E-state index in [1.54, 1.807) is 11.9 Å². The number of ether oxygens (including phenoxy) is 1. The van der Waals surface area contributed by atoms with Gasteiger partial charge in [-0.2, -0.15) is 0 Å². The molecule has 17 heavy (non-hydrogen) atoms. The Morgan fingerprint density at radius 2 is 2.00 bits per heavy atom. The molecule has 0 heterocycles. The number of hydrogen-bond acceptors (Lipinski definition) is 3. The number of nitrogens with zero attached hydrogens (tertiary/aromatic N) is 1. The van der Waals surface area contributed by atoms with Gasteiger partial charge in [0, 0.05) is 26.2 Å². The average Bonchev–Trinajstić information content (AvgIpc) is 2.11. The third-order valence-electron chi connectivity index (χ3n) is 2.96. The van der Waals surface area contributed by atoms with E-state index in [4.69, 9.17) is 4.74 Å². The molecule has 0 spiro atoms. The molecular formula is C13H26N2O2. The second-order valence-electron chi connectivity index (χ2n) is 6.13. The van der Waals surface area contributed by atoms with Crippen LogP contribution in [0.1, 0.15) is 40.5 Å². The van der Waals surface area contributed by atoms with E-state index in [1.807, 2.05) is 20.8 Å². The molecule has 1 N–H and O–H groups in total. The Bertz CT molecular complexity index is 255. The summed E-state index contributed by atoms with van der Waals surface area (Å²) in [6, 6.07) is 0.650. The van der Waals surface area contributed by atoms with Crippen LogP contribution in [0, 0.1) is 5.92 Å². The van der Waals surface area contributed by atoms with E-state index in [0.717, 1.165) is 12.5 Å². The largest absolute Gasteiger partial charge is 0.444 e. The molecule has 0 bridgehead atoms. The molecule has 1 fully saturated rings. The van der Waals surface area contributed by atoms with Crippen LogP contribution in [0.2, 0.25) is 0 Å². The molecule has 0 saturated heterocycles. The van der Waals surface area contributed by atoms with Gasteiger partial charge in [-0.15, -0.1) is 0 Å². The molecule has 1 rings (SSSR count). The molecule has 0 aromatic carbocycles. The molecule has 1 aliphatic rings. The van der Waals surface area contributed by atoms with Crippen molar-refractivity contribution in [3.8, 4) is 0 Å². The van der Waals surface area contributed by atoms with Crippen LogP contribution in [-0.2, 0) is 4.74 Å². The fraction of sp³-hybridized carbons (Fsp3) is 0.923. The first-order valence-electron chi connectivity index (χ1n) is 6.45. The van der Waals surface area contributed by atoms with Crippen LogP contribution in [-0.4, -0.2) is 42.8 Å². The number of nitrogens with one attached hydrogen (secondary N) is 1. The summed E-state index contributed by atoms with van der Waals surface area (Å²) in [7, 11) is 1.78. The first-order chi connectivity index (χ1) is 7.78. The Hall–Kier alpha value is -0.770. The zero-order valence-corrected chi connectivity index (χ0v) is 11.7. The van der Waals surface area contributed by atoms with Crippen molar-refractivity contribution in [3.63, 3.8) is 0 Å². The fourth-order valence-electron chi connectivity index (χ4n) is 1.94. The lowest BCUT2D eigenvalue weighted by atomic mass is 9.82. The Labute approximate surface area is 105 Å². The highest BCUT2D eigenvalue weighted by molar-refractivity contribution is 5.67. The van der Waals surface area contributed by atoms with Gasteiger partial charge in [-0.05, 0) is 39.5 Å². The molecule has 4 heteroatoms. The molecule has 4 nitrogen and oxygen atoms in total. The van der Waals surface area contributed by atoms with Crippen molar-refractivity contribution in [2.75, 3.05) is 20.1 Å². The molecule has 0 unspecified atom stereocenters. The summed E-state index contributed by atoms with van der Waals surface area (Å²) in [5.41, 5.74) is -0.415. The van der Waals surface area contributed by atoms with Gasteiger partial charge >= 0.3 is 6.09 Å². The first-order valence-corrected chi connectivity index (χ1v) is 6.45. The maximum atomic E-state index is 11.6. The predicted molar refractivity (Wildman–Crippen MR) is 69.1 cm³/mol. The lowest BCUT2D eigenvalue weighted by Gasteiger charge is -2.34. The van der Waals surface area contributed by atoms with Crippen molar-refractivity contribution in [1.29, 1.82) is 0 Å². The van der Waals surface area contributed by atoms with E-state index >= 15 is 0 Å². The monoisotopic (exact) mass is 242 g/mol. The zero-order chi connectivity index (χ0) is 13.1. The van der Waals surface area contributed by atoms with Gasteiger partial charge < -0.3 is 15.0 Å². The summed E-state index contributed by atoms with van der Waals surface area (Å²) in [6.45, 7) is 9.45. The van der Waals surface area contributed by atoms with Gasteiger partial charge in [-0.1, -0.05) is 6.92 Å². The van der Waals surface area contributed by atoms with Crippen molar-refractivity contribution in [1.82, 2.24) is 10.2 Å². The van der Waals surface area contributed by atoms with Crippen LogP contribution in [0.5, 0.6) is 0 Å². The summed E-state index contributed by atoms with van der Waals surface area (Å²) < 4.78 is 5.27. The van der Waals surface area contributed by atoms with Crippen LogP contribution in [0.3, 0.4) is 0 Å². The highest BCUT2D eigenvalue weighted by Gasteiger charge is 2.25. The molecule has 0 aromatic heterocycles. The average molecular weight is 242 g/mol. The van der Waals surface area contributed by atoms with E-state index in [9.17, 15) is 4.79 Å². The van der Waals surface area contributed by atoms with Gasteiger partial charge in [-0.25, -0.2) is 4.79 Å². The number of amides is 1. The number of carbonyl (C=O) groups is 1. The van der Waals surface area contributed by atoms with E-state index in [-0.39, 0.29) is 6.09 Å². The summed E-state index contributed by atoms with van der Waals surface area (Å²) in [4.78, 5) is 13.3. The number of hydrogen-bond donors (Lipinski definition) is 1. The van der Waals surface area contributed by atoms with Gasteiger partial charge in [0.15, 0.2) is 0 Å². The number of likely N-dealkylation sites (N-methyl/N-ethyl adjacent to an activating group) is 1. The summed E-state index contributed by atoms with van der Waals surface area (Å²) >= 11 is 0. The lowest BCUT2D eigenvalue weighted by Crippen LogP contribution is -2.44. The van der Waals surface area contributed by atoms with E-state index < -0.39 is 5.60 Å². The Balaban J connectivity index is 2.12. The summed E-state index contributed by atoms with van der Waals surface area (Å²) in [6.07, 6.45) is 2.27. The standard InChI is InChI=1S/C13H26N2O2/c1-10-8-11(9-10)14-6-7-15(5)12(16)17-13(2,3)4/h10-11,14H,6-9H2,1-5H3. The maximum absolute atomic E-state index is 11.6. The molecule has 0 atom stereocenters. The van der Waals surface area contributed by atoms with Crippen LogP contribution in [0.4, 0.5) is 4.79 Å². The highest BCUT2D eigenvalue weighted by Crippen LogP contribution is 2.25. The van der Waals surface area contributed by atoms with Crippen molar-refractivity contribution in [3.05, 3.63) is 0 Å². The summed E-state index contributed by atoms with van der Waals surface area (Å²) in [5.74, 6) is 0.857. The molecule has 100 valence electrons. The lowest BCUT2D eigenvalue weighted by molar-refractivity contribution is 0.0297. The maximum Gasteiger partial charge on any atom is 0.410 e. The topological polar surface area (TPSA) is 41.6 Å². The van der Waals surface area contributed by atoms with Gasteiger partial charge in [0.05, 0.1) is 0 Å². The highest BCUT2D eigenvalue weighted by atomic mass is 16.6. The summed E-state index contributed by atoms with van der Waals surface area (Å²) in [5, 5.41) is 3.45. The predicted octanol–water partition coefficient (Wildman–Crippen LogP) is 2.24. The molecular weight excluding hydrogens is 216 g/mol. The van der Waals surface area contributed by atoms with Gasteiger partial charge in [0.1, 0.15) is 5.60 Å². The third-order valence-corrected chi connectivity index (χ3v) is 2.96. The van der Waals surface area contributed by atoms with E-state index in [2.05, 4.69) is 12.2 Å². The van der Waals surface area contributed by atoms with Crippen molar-refractivity contribution < 1.29 is 9.53 Å². The SMILES string of the molecule is CC1CC(NCCN(C)C(=O)OC(C)(C)C)C1. The van der Waals surface area contributed by atoms with Gasteiger partial charge in [-0.3, -0.25) is 0 Å². The fourth-order valence-corrected chi connectivity index (χ4v) is 1.94. The van der Waals surface area contributed by atoms with Gasteiger partial charge in [0.25, 0.3) is 0 Å². The molecule has 1 saturated carbocycles. The second-order valence-corrected chi connectivity index (χ2v) is 6.13. The first kappa shape index (κ1) is 14.3. The Morgan fingerprint density at radius 1 is 1.41 bits per heavy atom. The normalized spacial score (nSPS) is 24.1. The van der Waals surface area contributed by atoms with Crippen LogP contribution < -0.4 is 5.32 Å². The number of carbonyl (C=O) groups excluding carboxylic acids is 1. The Kier molecular flexibility index (Phi) is 4.80. The molecule has 0 radical (unpaired) electrons. The van der Waals surface area contributed by atoms with E-state index in [0.29, 0.717) is 12.6 Å². The van der Waals surface area contributed by atoms with Crippen molar-refractivity contribution in [2.24, 2.45) is 5.92 Å². The third kappa shape index (κ3) is 5.39. The minimum absolute atomic E-state index is 0.249. The van der Waals surface area contributed by atoms with Crippen molar-refractivity contribution >= 4 is 6.09 Å². The van der Waals surface area contributed by atoms with Crippen LogP contribution in [0.15, 0.2) is 0 Å². The Morgan fingerprint density at radius 3 is 2.47 bits per heavy atom. The van der Waals surface area contributed by atoms with Crippen molar-refractivity contribution in [2.45, 2.75) is 52.2 Å². The molecule has 1 amide bonds.